The van der Waals surface area contributed by atoms with Crippen molar-refractivity contribution in [3.8, 4) is 0 Å². The van der Waals surface area contributed by atoms with E-state index in [1.165, 1.54) is 6.26 Å². The topological polar surface area (TPSA) is 83.4 Å². The molecule has 3 N–H and O–H groups in total. The van der Waals surface area contributed by atoms with Crippen LogP contribution in [-0.2, 0) is 0 Å². The van der Waals surface area contributed by atoms with Crippen LogP contribution in [0.15, 0.2) is 41.0 Å². The third kappa shape index (κ3) is 3.66. The van der Waals surface area contributed by atoms with Crippen LogP contribution >= 0.6 is 0 Å². The zero-order valence-corrected chi connectivity index (χ0v) is 12.8. The number of carbonyl (C=O) groups excluding carboxylic acids is 2. The summed E-state index contributed by atoms with van der Waals surface area (Å²) in [5.41, 5.74) is 7.16. The molecule has 0 aliphatic carbocycles. The van der Waals surface area contributed by atoms with Crippen LogP contribution in [0.2, 0.25) is 0 Å². The largest absolute Gasteiger partial charge is 0.469 e. The Morgan fingerprint density at radius 1 is 1.09 bits per heavy atom. The van der Waals surface area contributed by atoms with Crippen molar-refractivity contribution in [1.29, 1.82) is 0 Å². The molecule has 0 radical (unpaired) electrons. The summed E-state index contributed by atoms with van der Waals surface area (Å²) in [5, 5.41) is 2.76. The highest BCUT2D eigenvalue weighted by molar-refractivity contribution is 5.96. The van der Waals surface area contributed by atoms with Gasteiger partial charge in [-0.2, -0.15) is 0 Å². The summed E-state index contributed by atoms with van der Waals surface area (Å²) in [6, 6.07) is 8.68. The monoisotopic (exact) mass is 301 g/mol. The zero-order valence-electron chi connectivity index (χ0n) is 12.8. The fraction of sp³-hybridized carbons (Fsp3) is 0.250. The second-order valence-corrected chi connectivity index (χ2v) is 5.02. The van der Waals surface area contributed by atoms with Crippen molar-refractivity contribution in [2.75, 3.05) is 0 Å². The van der Waals surface area contributed by atoms with E-state index in [1.54, 1.807) is 13.0 Å². The number of carbonyl (C=O) groups is 2. The molecule has 0 saturated carbocycles. The molecule has 1 aromatic heterocycles. The van der Waals surface area contributed by atoms with E-state index in [0.717, 1.165) is 11.1 Å². The third-order valence-corrected chi connectivity index (χ3v) is 3.40. The molecule has 1 heterocycles. The number of amides is 3. The summed E-state index contributed by atoms with van der Waals surface area (Å²) in [7, 11) is 0. The number of rotatable bonds is 3. The molecule has 116 valence electrons. The molecule has 3 amide bonds. The van der Waals surface area contributed by atoms with Crippen LogP contribution < -0.4 is 16.2 Å². The summed E-state index contributed by atoms with van der Waals surface area (Å²) in [6.07, 6.45) is 1.42. The van der Waals surface area contributed by atoms with Gasteiger partial charge in [-0.05, 0) is 38.0 Å². The highest BCUT2D eigenvalue weighted by Crippen LogP contribution is 2.16. The predicted octanol–water partition coefficient (Wildman–Crippen LogP) is 2.60. The molecular weight excluding hydrogens is 282 g/mol. The SMILES string of the molecule is Cc1ccccc1C(C)NC(=O)NNC(=O)c1ccoc1C. The van der Waals surface area contributed by atoms with Crippen molar-refractivity contribution in [2.45, 2.75) is 26.8 Å². The van der Waals surface area contributed by atoms with E-state index in [4.69, 9.17) is 4.42 Å². The van der Waals surface area contributed by atoms with Crippen molar-refractivity contribution in [3.05, 3.63) is 59.0 Å². The zero-order chi connectivity index (χ0) is 16.1. The molecule has 2 aromatic rings. The van der Waals surface area contributed by atoms with E-state index in [2.05, 4.69) is 16.2 Å². The van der Waals surface area contributed by atoms with Crippen LogP contribution in [0.4, 0.5) is 4.79 Å². The molecule has 1 atom stereocenters. The maximum atomic E-state index is 11.8. The molecule has 2 rings (SSSR count). The van der Waals surface area contributed by atoms with Crippen LogP contribution in [0.3, 0.4) is 0 Å². The van der Waals surface area contributed by atoms with Gasteiger partial charge in [0.15, 0.2) is 0 Å². The fourth-order valence-corrected chi connectivity index (χ4v) is 2.18. The Morgan fingerprint density at radius 2 is 1.82 bits per heavy atom. The summed E-state index contributed by atoms with van der Waals surface area (Å²) in [6.45, 7) is 5.54. The first kappa shape index (κ1) is 15.6. The Hall–Kier alpha value is -2.76. The van der Waals surface area contributed by atoms with Gasteiger partial charge in [0.2, 0.25) is 0 Å². The highest BCUT2D eigenvalue weighted by Gasteiger charge is 2.14. The Balaban J connectivity index is 1.87. The molecule has 1 aromatic carbocycles. The standard InChI is InChI=1S/C16H19N3O3/c1-10-6-4-5-7-13(10)11(2)17-16(21)19-18-15(20)14-8-9-22-12(14)3/h4-9,11H,1-3H3,(H,18,20)(H2,17,19,21). The Bertz CT molecular complexity index is 679. The lowest BCUT2D eigenvalue weighted by atomic mass is 10.0. The van der Waals surface area contributed by atoms with Gasteiger partial charge in [-0.15, -0.1) is 0 Å². The smallest absolute Gasteiger partial charge is 0.333 e. The maximum Gasteiger partial charge on any atom is 0.333 e. The van der Waals surface area contributed by atoms with Crippen molar-refractivity contribution in [3.63, 3.8) is 0 Å². The van der Waals surface area contributed by atoms with E-state index in [9.17, 15) is 9.59 Å². The van der Waals surface area contributed by atoms with E-state index in [-0.39, 0.29) is 6.04 Å². The van der Waals surface area contributed by atoms with Gasteiger partial charge in [0, 0.05) is 0 Å². The van der Waals surface area contributed by atoms with Gasteiger partial charge in [0.1, 0.15) is 5.76 Å². The molecule has 0 fully saturated rings. The van der Waals surface area contributed by atoms with Crippen molar-refractivity contribution in [1.82, 2.24) is 16.2 Å². The first-order valence-corrected chi connectivity index (χ1v) is 6.95. The van der Waals surface area contributed by atoms with E-state index < -0.39 is 11.9 Å². The van der Waals surface area contributed by atoms with Gasteiger partial charge in [-0.3, -0.25) is 10.2 Å². The van der Waals surface area contributed by atoms with Gasteiger partial charge in [-0.1, -0.05) is 24.3 Å². The minimum atomic E-state index is -0.481. The minimum absolute atomic E-state index is 0.172. The molecule has 22 heavy (non-hydrogen) atoms. The van der Waals surface area contributed by atoms with Crippen LogP contribution in [0.1, 0.15) is 40.2 Å². The summed E-state index contributed by atoms with van der Waals surface area (Å²) in [4.78, 5) is 23.7. The minimum Gasteiger partial charge on any atom is -0.469 e. The molecule has 0 bridgehead atoms. The van der Waals surface area contributed by atoms with E-state index in [0.29, 0.717) is 11.3 Å². The Morgan fingerprint density at radius 3 is 2.45 bits per heavy atom. The number of hydrogen-bond donors (Lipinski definition) is 3. The second kappa shape index (κ2) is 6.80. The number of nitrogens with one attached hydrogen (secondary N) is 3. The summed E-state index contributed by atoms with van der Waals surface area (Å²) >= 11 is 0. The van der Waals surface area contributed by atoms with Crippen LogP contribution in [0.5, 0.6) is 0 Å². The lowest BCUT2D eigenvalue weighted by Crippen LogP contribution is -2.47. The first-order valence-electron chi connectivity index (χ1n) is 6.95. The van der Waals surface area contributed by atoms with Crippen molar-refractivity contribution >= 4 is 11.9 Å². The van der Waals surface area contributed by atoms with Crippen LogP contribution in [0.25, 0.3) is 0 Å². The van der Waals surface area contributed by atoms with Gasteiger partial charge in [0.25, 0.3) is 5.91 Å². The quantitative estimate of drug-likeness (QED) is 0.762. The van der Waals surface area contributed by atoms with Crippen molar-refractivity contribution < 1.29 is 14.0 Å². The number of aryl methyl sites for hydroxylation is 2. The number of urea groups is 1. The second-order valence-electron chi connectivity index (χ2n) is 5.02. The lowest BCUT2D eigenvalue weighted by molar-refractivity contribution is 0.0934. The average Bonchev–Trinajstić information content (AvgIpc) is 2.91. The summed E-state index contributed by atoms with van der Waals surface area (Å²) < 4.78 is 5.04. The number of furan rings is 1. The maximum absolute atomic E-state index is 11.8. The molecule has 0 saturated heterocycles. The van der Waals surface area contributed by atoms with E-state index >= 15 is 0 Å². The number of hydrogen-bond acceptors (Lipinski definition) is 3. The average molecular weight is 301 g/mol. The van der Waals surface area contributed by atoms with Crippen LogP contribution in [-0.4, -0.2) is 11.9 Å². The van der Waals surface area contributed by atoms with Gasteiger partial charge >= 0.3 is 6.03 Å². The molecular formula is C16H19N3O3. The lowest BCUT2D eigenvalue weighted by Gasteiger charge is -2.17. The summed E-state index contributed by atoms with van der Waals surface area (Å²) in [5.74, 6) is 0.0675. The van der Waals surface area contributed by atoms with Gasteiger partial charge in [-0.25, -0.2) is 10.2 Å². The number of benzene rings is 1. The normalized spacial score (nSPS) is 11.6. The van der Waals surface area contributed by atoms with Gasteiger partial charge in [0.05, 0.1) is 17.9 Å². The fourth-order valence-electron chi connectivity index (χ4n) is 2.18. The predicted molar refractivity (Wildman–Crippen MR) is 82.2 cm³/mol. The molecule has 1 unspecified atom stereocenters. The van der Waals surface area contributed by atoms with Crippen LogP contribution in [0, 0.1) is 13.8 Å². The molecule has 0 spiro atoms. The highest BCUT2D eigenvalue weighted by atomic mass is 16.3. The van der Waals surface area contributed by atoms with E-state index in [1.807, 2.05) is 38.1 Å². The Labute approximate surface area is 128 Å². The van der Waals surface area contributed by atoms with Gasteiger partial charge < -0.3 is 9.73 Å². The first-order chi connectivity index (χ1) is 10.5. The molecule has 6 heteroatoms. The third-order valence-electron chi connectivity index (χ3n) is 3.40. The Kier molecular flexibility index (Phi) is 4.83. The molecule has 0 aliphatic rings. The molecule has 0 aliphatic heterocycles. The number of hydrazine groups is 1. The van der Waals surface area contributed by atoms with Crippen molar-refractivity contribution in [2.24, 2.45) is 0 Å². The molecule has 6 nitrogen and oxygen atoms in total.